The minimum absolute atomic E-state index is 0.843. The molecule has 2 aromatic rings. The summed E-state index contributed by atoms with van der Waals surface area (Å²) < 4.78 is 6.39. The number of ether oxygens (including phenoxy) is 1. The van der Waals surface area contributed by atoms with Crippen molar-refractivity contribution in [2.24, 2.45) is 0 Å². The maximum absolute atomic E-state index is 5.29. The van der Waals surface area contributed by atoms with Crippen molar-refractivity contribution in [1.82, 2.24) is 5.32 Å². The van der Waals surface area contributed by atoms with E-state index in [1.807, 2.05) is 19.2 Å². The molecule has 0 aromatic heterocycles. The number of hydrogen-bond acceptors (Lipinski definition) is 3. The van der Waals surface area contributed by atoms with Crippen molar-refractivity contribution in [2.75, 3.05) is 26.1 Å². The van der Waals surface area contributed by atoms with Gasteiger partial charge in [0.15, 0.2) is 0 Å². The van der Waals surface area contributed by atoms with Gasteiger partial charge in [0.1, 0.15) is 5.75 Å². The number of anilines is 1. The van der Waals surface area contributed by atoms with Crippen LogP contribution < -0.4 is 15.0 Å². The highest BCUT2D eigenvalue weighted by Crippen LogP contribution is 2.25. The van der Waals surface area contributed by atoms with Crippen LogP contribution in [0.5, 0.6) is 5.75 Å². The lowest BCUT2D eigenvalue weighted by atomic mass is 10.1. The molecule has 3 nitrogen and oxygen atoms in total. The molecular formula is C17H21BrN2O. The number of rotatable bonds is 6. The van der Waals surface area contributed by atoms with E-state index in [9.17, 15) is 0 Å². The van der Waals surface area contributed by atoms with Gasteiger partial charge in [-0.3, -0.25) is 0 Å². The van der Waals surface area contributed by atoms with E-state index in [2.05, 4.69) is 63.5 Å². The molecule has 0 aliphatic rings. The average Bonchev–Trinajstić information content (AvgIpc) is 2.48. The van der Waals surface area contributed by atoms with Crippen LogP contribution in [0.1, 0.15) is 11.1 Å². The molecule has 0 saturated carbocycles. The maximum Gasteiger partial charge on any atom is 0.119 e. The summed E-state index contributed by atoms with van der Waals surface area (Å²) in [6.07, 6.45) is 0. The van der Waals surface area contributed by atoms with E-state index < -0.39 is 0 Å². The van der Waals surface area contributed by atoms with E-state index in [0.29, 0.717) is 0 Å². The summed E-state index contributed by atoms with van der Waals surface area (Å²) in [6, 6.07) is 14.6. The Bertz CT molecular complexity index is 601. The van der Waals surface area contributed by atoms with E-state index >= 15 is 0 Å². The van der Waals surface area contributed by atoms with E-state index in [4.69, 9.17) is 4.74 Å². The first kappa shape index (κ1) is 15.9. The van der Waals surface area contributed by atoms with Gasteiger partial charge in [0.25, 0.3) is 0 Å². The van der Waals surface area contributed by atoms with Gasteiger partial charge in [0, 0.05) is 30.3 Å². The Balaban J connectivity index is 2.21. The van der Waals surface area contributed by atoms with Crippen molar-refractivity contribution in [3.8, 4) is 5.75 Å². The largest absolute Gasteiger partial charge is 0.497 e. The fourth-order valence-corrected chi connectivity index (χ4v) is 2.80. The van der Waals surface area contributed by atoms with Crippen LogP contribution in [0.25, 0.3) is 0 Å². The smallest absolute Gasteiger partial charge is 0.119 e. The first-order valence-corrected chi connectivity index (χ1v) is 7.70. The van der Waals surface area contributed by atoms with Crippen molar-refractivity contribution in [2.45, 2.75) is 13.1 Å². The zero-order valence-corrected chi connectivity index (χ0v) is 14.3. The fourth-order valence-electron chi connectivity index (χ4n) is 2.39. The lowest BCUT2D eigenvalue weighted by Crippen LogP contribution is -2.19. The number of methoxy groups -OCH3 is 1. The van der Waals surface area contributed by atoms with Crippen LogP contribution >= 0.6 is 15.9 Å². The standard InChI is InChI=1S/C17H21BrN2O/c1-19-11-14-10-15(18)7-8-17(14)20(2)12-13-5-4-6-16(9-13)21-3/h4-10,19H,11-12H2,1-3H3. The molecule has 0 unspecified atom stereocenters. The summed E-state index contributed by atoms with van der Waals surface area (Å²) in [4.78, 5) is 2.26. The highest BCUT2D eigenvalue weighted by atomic mass is 79.9. The minimum Gasteiger partial charge on any atom is -0.497 e. The molecule has 0 heterocycles. The van der Waals surface area contributed by atoms with Gasteiger partial charge in [-0.1, -0.05) is 28.1 Å². The van der Waals surface area contributed by atoms with Crippen LogP contribution in [0.2, 0.25) is 0 Å². The quantitative estimate of drug-likeness (QED) is 0.858. The molecule has 0 atom stereocenters. The molecule has 2 aromatic carbocycles. The van der Waals surface area contributed by atoms with Gasteiger partial charge in [0.05, 0.1) is 7.11 Å². The summed E-state index contributed by atoms with van der Waals surface area (Å²) >= 11 is 3.54. The normalized spacial score (nSPS) is 10.5. The molecule has 0 aliphatic heterocycles. The second kappa shape index (κ2) is 7.48. The molecular weight excluding hydrogens is 328 g/mol. The summed E-state index contributed by atoms with van der Waals surface area (Å²) in [5.74, 6) is 0.896. The highest BCUT2D eigenvalue weighted by Gasteiger charge is 2.09. The predicted molar refractivity (Wildman–Crippen MR) is 92.0 cm³/mol. The number of halogens is 1. The number of benzene rings is 2. The van der Waals surface area contributed by atoms with Crippen molar-refractivity contribution >= 4 is 21.6 Å². The van der Waals surface area contributed by atoms with Gasteiger partial charge >= 0.3 is 0 Å². The molecule has 4 heteroatoms. The molecule has 0 amide bonds. The van der Waals surface area contributed by atoms with E-state index in [0.717, 1.165) is 23.3 Å². The second-order valence-corrected chi connectivity index (χ2v) is 5.93. The van der Waals surface area contributed by atoms with Crippen molar-refractivity contribution in [3.63, 3.8) is 0 Å². The second-order valence-electron chi connectivity index (χ2n) is 5.01. The third-order valence-electron chi connectivity index (χ3n) is 3.37. The molecule has 112 valence electrons. The Kier molecular flexibility index (Phi) is 5.65. The van der Waals surface area contributed by atoms with E-state index in [1.54, 1.807) is 7.11 Å². The van der Waals surface area contributed by atoms with Gasteiger partial charge in [-0.2, -0.15) is 0 Å². The SMILES string of the molecule is CNCc1cc(Br)ccc1N(C)Cc1cccc(OC)c1. The number of hydrogen-bond donors (Lipinski definition) is 1. The summed E-state index contributed by atoms with van der Waals surface area (Å²) in [6.45, 7) is 1.69. The van der Waals surface area contributed by atoms with Crippen LogP contribution in [0.4, 0.5) is 5.69 Å². The fraction of sp³-hybridized carbons (Fsp3) is 0.294. The average molecular weight is 349 g/mol. The molecule has 0 fully saturated rings. The van der Waals surface area contributed by atoms with Gasteiger partial charge in [0.2, 0.25) is 0 Å². The Hall–Kier alpha value is -1.52. The third kappa shape index (κ3) is 4.22. The van der Waals surface area contributed by atoms with Crippen LogP contribution in [-0.2, 0) is 13.1 Å². The maximum atomic E-state index is 5.29. The minimum atomic E-state index is 0.843. The summed E-state index contributed by atoms with van der Waals surface area (Å²) in [5, 5.41) is 3.22. The Morgan fingerprint density at radius 3 is 2.71 bits per heavy atom. The van der Waals surface area contributed by atoms with E-state index in [1.165, 1.54) is 16.8 Å². The lowest BCUT2D eigenvalue weighted by molar-refractivity contribution is 0.414. The number of nitrogens with one attached hydrogen (secondary N) is 1. The van der Waals surface area contributed by atoms with Crippen LogP contribution in [0.3, 0.4) is 0 Å². The Morgan fingerprint density at radius 1 is 1.19 bits per heavy atom. The molecule has 0 spiro atoms. The zero-order chi connectivity index (χ0) is 15.2. The van der Waals surface area contributed by atoms with Crippen LogP contribution in [0.15, 0.2) is 46.9 Å². The molecule has 1 N–H and O–H groups in total. The van der Waals surface area contributed by atoms with Crippen molar-refractivity contribution in [1.29, 1.82) is 0 Å². The van der Waals surface area contributed by atoms with Crippen molar-refractivity contribution < 1.29 is 4.74 Å². The first-order chi connectivity index (χ1) is 10.1. The first-order valence-electron chi connectivity index (χ1n) is 6.91. The van der Waals surface area contributed by atoms with E-state index in [-0.39, 0.29) is 0 Å². The molecule has 0 radical (unpaired) electrons. The lowest BCUT2D eigenvalue weighted by Gasteiger charge is -2.23. The Labute approximate surface area is 135 Å². The van der Waals surface area contributed by atoms with Gasteiger partial charge < -0.3 is 15.0 Å². The molecule has 21 heavy (non-hydrogen) atoms. The van der Waals surface area contributed by atoms with Crippen LogP contribution in [-0.4, -0.2) is 21.2 Å². The van der Waals surface area contributed by atoms with Gasteiger partial charge in [-0.15, -0.1) is 0 Å². The third-order valence-corrected chi connectivity index (χ3v) is 3.87. The summed E-state index contributed by atoms with van der Waals surface area (Å²) in [5.41, 5.74) is 3.74. The predicted octanol–water partition coefficient (Wildman–Crippen LogP) is 3.81. The summed E-state index contributed by atoms with van der Waals surface area (Å²) in [7, 11) is 5.77. The van der Waals surface area contributed by atoms with Gasteiger partial charge in [-0.25, -0.2) is 0 Å². The number of nitrogens with zero attached hydrogens (tertiary/aromatic N) is 1. The molecule has 2 rings (SSSR count). The molecule has 0 bridgehead atoms. The van der Waals surface area contributed by atoms with Crippen molar-refractivity contribution in [3.05, 3.63) is 58.1 Å². The van der Waals surface area contributed by atoms with Crippen LogP contribution in [0, 0.1) is 0 Å². The Morgan fingerprint density at radius 2 is 2.00 bits per heavy atom. The highest BCUT2D eigenvalue weighted by molar-refractivity contribution is 9.10. The van der Waals surface area contributed by atoms with Gasteiger partial charge in [-0.05, 0) is 48.5 Å². The topological polar surface area (TPSA) is 24.5 Å². The molecule has 0 saturated heterocycles. The molecule has 0 aliphatic carbocycles. The zero-order valence-electron chi connectivity index (χ0n) is 12.7. The monoisotopic (exact) mass is 348 g/mol.